The molecule has 2 aliphatic heterocycles. The van der Waals surface area contributed by atoms with Crippen LogP contribution < -0.4 is 20.9 Å². The van der Waals surface area contributed by atoms with Crippen molar-refractivity contribution in [1.29, 1.82) is 0 Å². The number of hydrogen-bond acceptors (Lipinski definition) is 9. The number of carbonyl (C=O) groups excluding carboxylic acids is 2. The van der Waals surface area contributed by atoms with Crippen LogP contribution in [0.5, 0.6) is 5.88 Å². The predicted octanol–water partition coefficient (Wildman–Crippen LogP) is 6.08. The van der Waals surface area contributed by atoms with Crippen LogP contribution in [0.4, 0.5) is 0 Å². The van der Waals surface area contributed by atoms with E-state index < -0.39 is 0 Å². The van der Waals surface area contributed by atoms with E-state index in [4.69, 9.17) is 42.6 Å². The zero-order valence-electron chi connectivity index (χ0n) is 29.7. The van der Waals surface area contributed by atoms with Crippen molar-refractivity contribution in [3.05, 3.63) is 104 Å². The van der Waals surface area contributed by atoms with Crippen molar-refractivity contribution in [2.75, 3.05) is 33.9 Å². The lowest BCUT2D eigenvalue weighted by molar-refractivity contribution is -0.145. The van der Waals surface area contributed by atoms with Gasteiger partial charge in [-0.25, -0.2) is 9.97 Å². The van der Waals surface area contributed by atoms with Crippen LogP contribution in [0.15, 0.2) is 71.7 Å². The van der Waals surface area contributed by atoms with Gasteiger partial charge in [0, 0.05) is 78.3 Å². The van der Waals surface area contributed by atoms with Gasteiger partial charge in [-0.3, -0.25) is 23.7 Å². The minimum absolute atomic E-state index is 0.0909. The third-order valence-electron chi connectivity index (χ3n) is 10.1. The van der Waals surface area contributed by atoms with Gasteiger partial charge in [0.05, 0.1) is 41.4 Å². The molecule has 2 aliphatic rings. The van der Waals surface area contributed by atoms with Gasteiger partial charge in [0.2, 0.25) is 11.8 Å². The van der Waals surface area contributed by atoms with E-state index in [0.717, 1.165) is 39.8 Å². The van der Waals surface area contributed by atoms with Crippen LogP contribution in [-0.2, 0) is 27.4 Å². The molecule has 0 unspecified atom stereocenters. The molecule has 2 saturated heterocycles. The van der Waals surface area contributed by atoms with E-state index >= 15 is 0 Å². The Morgan fingerprint density at radius 3 is 2.42 bits per heavy atom. The number of ether oxygens (including phenoxy) is 2. The maximum atomic E-state index is 13.6. The summed E-state index contributed by atoms with van der Waals surface area (Å²) in [4.78, 5) is 48.9. The number of pyridine rings is 2. The maximum Gasteiger partial charge on any atom is 0.310 e. The Labute approximate surface area is 317 Å². The summed E-state index contributed by atoms with van der Waals surface area (Å²) in [7, 11) is 2.99. The summed E-state index contributed by atoms with van der Waals surface area (Å²) in [5.74, 6) is 0.176. The van der Waals surface area contributed by atoms with Gasteiger partial charge >= 0.3 is 5.97 Å². The lowest BCUT2D eigenvalue weighted by Gasteiger charge is -2.17. The van der Waals surface area contributed by atoms with E-state index in [0.29, 0.717) is 84.1 Å². The lowest BCUT2D eigenvalue weighted by Crippen LogP contribution is -2.35. The molecule has 5 aromatic rings. The summed E-state index contributed by atoms with van der Waals surface area (Å²) in [6, 6.07) is 19.3. The van der Waals surface area contributed by atoms with Crippen LogP contribution in [0, 0.1) is 12.8 Å². The number of halogens is 2. The first-order valence-electron chi connectivity index (χ1n) is 17.6. The van der Waals surface area contributed by atoms with Crippen molar-refractivity contribution in [2.45, 2.75) is 45.3 Å². The molecule has 2 fully saturated rings. The zero-order chi connectivity index (χ0) is 37.2. The van der Waals surface area contributed by atoms with Crippen LogP contribution in [0.25, 0.3) is 39.2 Å². The summed E-state index contributed by atoms with van der Waals surface area (Å²) in [6.07, 6.45) is 3.82. The third-order valence-corrected chi connectivity index (χ3v) is 10.9. The Morgan fingerprint density at radius 2 is 1.70 bits per heavy atom. The Bertz CT molecular complexity index is 2280. The van der Waals surface area contributed by atoms with Crippen molar-refractivity contribution in [1.82, 2.24) is 29.9 Å². The second-order valence-corrected chi connectivity index (χ2v) is 14.3. The summed E-state index contributed by atoms with van der Waals surface area (Å²) in [5, 5.41) is 7.36. The second-order valence-electron chi connectivity index (χ2n) is 13.5. The van der Waals surface area contributed by atoms with E-state index in [1.807, 2.05) is 67.6 Å². The van der Waals surface area contributed by atoms with Crippen molar-refractivity contribution >= 4 is 40.7 Å². The van der Waals surface area contributed by atoms with Crippen molar-refractivity contribution < 1.29 is 19.1 Å². The quantitative estimate of drug-likeness (QED) is 0.154. The summed E-state index contributed by atoms with van der Waals surface area (Å²) >= 11 is 14.3. The number of likely N-dealkylation sites (tertiary alicyclic amines) is 1. The van der Waals surface area contributed by atoms with E-state index in [2.05, 4.69) is 15.5 Å². The second kappa shape index (κ2) is 15.7. The molecular weight excluding hydrogens is 715 g/mol. The largest absolute Gasteiger partial charge is 0.481 e. The van der Waals surface area contributed by atoms with E-state index in [9.17, 15) is 14.4 Å². The molecule has 2 N–H and O–H groups in total. The normalized spacial score (nSPS) is 17.3. The number of fused-ring (bicyclic) bond motifs is 1. The van der Waals surface area contributed by atoms with Gasteiger partial charge in [-0.15, -0.1) is 0 Å². The van der Waals surface area contributed by atoms with Gasteiger partial charge in [0.25, 0.3) is 5.56 Å². The fourth-order valence-corrected chi connectivity index (χ4v) is 7.90. The number of aromatic nitrogens is 3. The molecule has 274 valence electrons. The molecule has 0 radical (unpaired) electrons. The number of rotatable bonds is 11. The standard InChI is InChI=1S/C40H40Cl2N6O5/c1-23-32(22-47-16-14-26(21-47)40(51)53-3)39(50)48-17-15-24(18-34(48)44-23)28-6-4-7-29(36(28)41)30-8-5-9-31(37(30)42)33-12-10-25(38(46-33)52-2)19-43-20-27-11-13-35(49)45-27/h4-10,12,15,17-18,26-27,43H,11,13-14,16,19-22H2,1-3H3,(H,45,49)/t26-,27-/m0/s1. The van der Waals surface area contributed by atoms with Gasteiger partial charge in [0.15, 0.2) is 0 Å². The first-order valence-corrected chi connectivity index (χ1v) is 18.3. The average molecular weight is 756 g/mol. The maximum absolute atomic E-state index is 13.6. The fourth-order valence-electron chi connectivity index (χ4n) is 7.24. The van der Waals surface area contributed by atoms with Crippen molar-refractivity contribution in [3.8, 4) is 39.4 Å². The average Bonchev–Trinajstić information content (AvgIpc) is 3.82. The molecule has 0 bridgehead atoms. The summed E-state index contributed by atoms with van der Waals surface area (Å²) in [5.41, 5.74) is 6.94. The molecule has 5 heterocycles. The van der Waals surface area contributed by atoms with Crippen LogP contribution in [0.3, 0.4) is 0 Å². The highest BCUT2D eigenvalue weighted by Gasteiger charge is 2.30. The first kappa shape index (κ1) is 36.5. The van der Waals surface area contributed by atoms with Crippen molar-refractivity contribution in [2.24, 2.45) is 5.92 Å². The molecule has 0 spiro atoms. The Kier molecular flexibility index (Phi) is 10.8. The molecular formula is C40H40Cl2N6O5. The highest BCUT2D eigenvalue weighted by Crippen LogP contribution is 2.42. The Hall–Kier alpha value is -4.81. The highest BCUT2D eigenvalue weighted by atomic mass is 35.5. The molecule has 0 aliphatic carbocycles. The number of methoxy groups -OCH3 is 2. The number of amides is 1. The van der Waals surface area contributed by atoms with Gasteiger partial charge in [-0.1, -0.05) is 65.7 Å². The summed E-state index contributed by atoms with van der Waals surface area (Å²) < 4.78 is 12.1. The first-order chi connectivity index (χ1) is 25.6. The predicted molar refractivity (Wildman–Crippen MR) is 205 cm³/mol. The van der Waals surface area contributed by atoms with Crippen molar-refractivity contribution in [3.63, 3.8) is 0 Å². The van der Waals surface area contributed by atoms with Crippen LogP contribution in [-0.4, -0.2) is 71.0 Å². The molecule has 3 aromatic heterocycles. The monoisotopic (exact) mass is 754 g/mol. The van der Waals surface area contributed by atoms with Gasteiger partial charge in [-0.05, 0) is 50.1 Å². The minimum Gasteiger partial charge on any atom is -0.481 e. The SMILES string of the molecule is COC(=O)[C@H]1CCN(Cc2c(C)nc3cc(-c4cccc(-c5cccc(-c6ccc(CNC[C@@H]7CCC(=O)N7)c(OC)n6)c5Cl)c4Cl)ccn3c2=O)C1. The lowest BCUT2D eigenvalue weighted by atomic mass is 9.97. The number of nitrogens with zero attached hydrogens (tertiary/aromatic N) is 4. The number of aryl methyl sites for hydroxylation is 1. The number of nitrogens with one attached hydrogen (secondary N) is 2. The number of carbonyl (C=O) groups is 2. The summed E-state index contributed by atoms with van der Waals surface area (Å²) in [6.45, 7) is 4.72. The van der Waals surface area contributed by atoms with Gasteiger partial charge in [0.1, 0.15) is 5.65 Å². The molecule has 13 heteroatoms. The molecule has 1 amide bonds. The van der Waals surface area contributed by atoms with Crippen LogP contribution >= 0.6 is 23.2 Å². The smallest absolute Gasteiger partial charge is 0.310 e. The number of esters is 1. The van der Waals surface area contributed by atoms with Crippen LogP contribution in [0.1, 0.15) is 36.1 Å². The van der Waals surface area contributed by atoms with Gasteiger partial charge in [-0.2, -0.15) is 0 Å². The number of hydrogen-bond donors (Lipinski definition) is 2. The Balaban J connectivity index is 1.13. The molecule has 0 saturated carbocycles. The molecule has 2 aromatic carbocycles. The molecule has 2 atom stereocenters. The van der Waals surface area contributed by atoms with Gasteiger partial charge < -0.3 is 20.1 Å². The molecule has 53 heavy (non-hydrogen) atoms. The number of benzene rings is 2. The topological polar surface area (TPSA) is 127 Å². The van der Waals surface area contributed by atoms with Crippen LogP contribution in [0.2, 0.25) is 10.0 Å². The highest BCUT2D eigenvalue weighted by molar-refractivity contribution is 6.39. The van der Waals surface area contributed by atoms with E-state index in [1.165, 1.54) is 7.11 Å². The van der Waals surface area contributed by atoms with E-state index in [-0.39, 0.29) is 29.4 Å². The zero-order valence-corrected chi connectivity index (χ0v) is 31.3. The van der Waals surface area contributed by atoms with E-state index in [1.54, 1.807) is 17.7 Å². The minimum atomic E-state index is -0.219. The third kappa shape index (κ3) is 7.52. The molecule has 7 rings (SSSR count). The fraction of sp³-hybridized carbons (Fsp3) is 0.325. The molecule has 11 nitrogen and oxygen atoms in total. The Morgan fingerprint density at radius 1 is 0.962 bits per heavy atom.